The first kappa shape index (κ1) is 24.3. The van der Waals surface area contributed by atoms with E-state index in [1.54, 1.807) is 0 Å². The van der Waals surface area contributed by atoms with Gasteiger partial charge in [-0.05, 0) is 35.6 Å². The summed E-state index contributed by atoms with van der Waals surface area (Å²) in [6, 6.07) is 13.7. The maximum Gasteiger partial charge on any atom is 0.305 e. The van der Waals surface area contributed by atoms with E-state index in [9.17, 15) is 19.5 Å². The SMILES string of the molecule is CC(C)CC=Cc1cccc2c1C(=O)N(CCC(=O)O)C(=O)CN2Cc1cn(C)c2ccccc12. The zero-order valence-corrected chi connectivity index (χ0v) is 20.4. The number of amides is 2. The fraction of sp³-hybridized carbons (Fsp3) is 0.321. The molecule has 1 aliphatic rings. The molecule has 0 unspecified atom stereocenters. The number of hydrogen-bond donors (Lipinski definition) is 1. The monoisotopic (exact) mass is 473 g/mol. The topological polar surface area (TPSA) is 82.8 Å². The highest BCUT2D eigenvalue weighted by Gasteiger charge is 2.34. The van der Waals surface area contributed by atoms with Crippen LogP contribution in [0.25, 0.3) is 17.0 Å². The third-order valence-electron chi connectivity index (χ3n) is 6.30. The van der Waals surface area contributed by atoms with Crippen molar-refractivity contribution in [2.45, 2.75) is 33.2 Å². The summed E-state index contributed by atoms with van der Waals surface area (Å²) in [5.41, 5.74) is 3.98. The number of nitrogens with zero attached hydrogens (tertiary/aromatic N) is 3. The molecule has 2 amide bonds. The van der Waals surface area contributed by atoms with Crippen LogP contribution in [0.1, 0.15) is 48.2 Å². The third kappa shape index (κ3) is 5.14. The lowest BCUT2D eigenvalue weighted by atomic mass is 10.0. The molecule has 1 aromatic heterocycles. The lowest BCUT2D eigenvalue weighted by Crippen LogP contribution is -2.41. The van der Waals surface area contributed by atoms with Crippen molar-refractivity contribution >= 4 is 40.4 Å². The third-order valence-corrected chi connectivity index (χ3v) is 6.30. The highest BCUT2D eigenvalue weighted by atomic mass is 16.4. The van der Waals surface area contributed by atoms with E-state index < -0.39 is 17.8 Å². The minimum absolute atomic E-state index is 0.0132. The molecule has 2 aromatic carbocycles. The van der Waals surface area contributed by atoms with E-state index in [-0.39, 0.29) is 19.5 Å². The van der Waals surface area contributed by atoms with Crippen LogP contribution in [0.5, 0.6) is 0 Å². The molecule has 0 bridgehead atoms. The van der Waals surface area contributed by atoms with Gasteiger partial charge in [-0.25, -0.2) is 0 Å². The van der Waals surface area contributed by atoms with Crippen LogP contribution in [0.3, 0.4) is 0 Å². The first-order chi connectivity index (χ1) is 16.8. The highest BCUT2D eigenvalue weighted by Crippen LogP contribution is 2.32. The maximum atomic E-state index is 13.6. The van der Waals surface area contributed by atoms with Crippen LogP contribution in [-0.4, -0.2) is 45.4 Å². The second-order valence-electron chi connectivity index (χ2n) is 9.41. The van der Waals surface area contributed by atoms with Gasteiger partial charge in [0.1, 0.15) is 0 Å². The summed E-state index contributed by atoms with van der Waals surface area (Å²) in [4.78, 5) is 41.1. The summed E-state index contributed by atoms with van der Waals surface area (Å²) in [5, 5.41) is 10.3. The van der Waals surface area contributed by atoms with Crippen molar-refractivity contribution in [3.63, 3.8) is 0 Å². The van der Waals surface area contributed by atoms with Crippen LogP contribution in [0.2, 0.25) is 0 Å². The van der Waals surface area contributed by atoms with Gasteiger partial charge in [0.25, 0.3) is 5.91 Å². The molecule has 2 heterocycles. The molecule has 7 heteroatoms. The summed E-state index contributed by atoms with van der Waals surface area (Å²) < 4.78 is 2.06. The predicted molar refractivity (Wildman–Crippen MR) is 137 cm³/mol. The molecule has 0 spiro atoms. The number of carbonyl (C=O) groups excluding carboxylic acids is 2. The van der Waals surface area contributed by atoms with Crippen LogP contribution in [-0.2, 0) is 23.2 Å². The number of benzene rings is 2. The van der Waals surface area contributed by atoms with Crippen molar-refractivity contribution in [2.75, 3.05) is 18.0 Å². The number of aliphatic carboxylic acids is 1. The number of hydrogen-bond acceptors (Lipinski definition) is 4. The Hall–Kier alpha value is -3.87. The molecule has 1 aliphatic heterocycles. The summed E-state index contributed by atoms with van der Waals surface area (Å²) in [6.45, 7) is 4.52. The largest absolute Gasteiger partial charge is 0.481 e. The quantitative estimate of drug-likeness (QED) is 0.480. The van der Waals surface area contributed by atoms with Crippen molar-refractivity contribution in [2.24, 2.45) is 13.0 Å². The van der Waals surface area contributed by atoms with E-state index >= 15 is 0 Å². The molecule has 0 aliphatic carbocycles. The molecular weight excluding hydrogens is 442 g/mol. The van der Waals surface area contributed by atoms with Gasteiger partial charge < -0.3 is 14.6 Å². The molecule has 182 valence electrons. The van der Waals surface area contributed by atoms with Crippen LogP contribution in [0.15, 0.2) is 54.7 Å². The number of fused-ring (bicyclic) bond motifs is 2. The lowest BCUT2D eigenvalue weighted by molar-refractivity contribution is -0.137. The van der Waals surface area contributed by atoms with E-state index in [2.05, 4.69) is 36.7 Å². The molecule has 0 radical (unpaired) electrons. The van der Waals surface area contributed by atoms with Gasteiger partial charge >= 0.3 is 5.97 Å². The van der Waals surface area contributed by atoms with Crippen molar-refractivity contribution in [1.82, 2.24) is 9.47 Å². The Morgan fingerprint density at radius 3 is 2.63 bits per heavy atom. The number of para-hydroxylation sites is 1. The zero-order chi connectivity index (χ0) is 25.1. The Morgan fingerprint density at radius 2 is 1.89 bits per heavy atom. The fourth-order valence-electron chi connectivity index (χ4n) is 4.57. The number of carbonyl (C=O) groups is 3. The summed E-state index contributed by atoms with van der Waals surface area (Å²) >= 11 is 0. The first-order valence-corrected chi connectivity index (χ1v) is 11.9. The van der Waals surface area contributed by atoms with Crippen LogP contribution in [0.4, 0.5) is 5.69 Å². The zero-order valence-electron chi connectivity index (χ0n) is 20.4. The van der Waals surface area contributed by atoms with E-state index in [0.717, 1.165) is 33.4 Å². The van der Waals surface area contributed by atoms with E-state index in [0.29, 0.717) is 23.7 Å². The van der Waals surface area contributed by atoms with Gasteiger partial charge in [-0.3, -0.25) is 19.3 Å². The minimum atomic E-state index is -1.05. The molecule has 0 saturated heterocycles. The second kappa shape index (κ2) is 10.2. The fourth-order valence-corrected chi connectivity index (χ4v) is 4.57. The summed E-state index contributed by atoms with van der Waals surface area (Å²) in [6.07, 6.45) is 6.59. The Labute approximate surface area is 205 Å². The number of imide groups is 1. The maximum absolute atomic E-state index is 13.6. The Balaban J connectivity index is 1.79. The Bertz CT molecular complexity index is 1300. The smallest absolute Gasteiger partial charge is 0.305 e. The molecule has 7 nitrogen and oxygen atoms in total. The Kier molecular flexibility index (Phi) is 7.05. The minimum Gasteiger partial charge on any atom is -0.481 e. The van der Waals surface area contributed by atoms with Crippen molar-refractivity contribution in [3.05, 3.63) is 71.4 Å². The number of rotatable bonds is 8. The van der Waals surface area contributed by atoms with Crippen LogP contribution in [0, 0.1) is 5.92 Å². The number of allylic oxidation sites excluding steroid dienone is 1. The van der Waals surface area contributed by atoms with Gasteiger partial charge in [0.2, 0.25) is 5.91 Å². The highest BCUT2D eigenvalue weighted by molar-refractivity contribution is 6.13. The number of aromatic nitrogens is 1. The van der Waals surface area contributed by atoms with Gasteiger partial charge in [0, 0.05) is 37.2 Å². The average molecular weight is 474 g/mol. The van der Waals surface area contributed by atoms with Gasteiger partial charge in [-0.2, -0.15) is 0 Å². The standard InChI is InChI=1S/C28H31N3O4/c1-19(2)8-6-9-20-10-7-13-24-27(20)28(35)31(15-14-26(33)34)25(32)18-30(24)17-21-16-29(3)23-12-5-4-11-22(21)23/h4-7,9-13,16,19H,8,14-15,17-18H2,1-3H3,(H,33,34). The van der Waals surface area contributed by atoms with Crippen molar-refractivity contribution in [3.8, 4) is 0 Å². The number of aryl methyl sites for hydroxylation is 1. The first-order valence-electron chi connectivity index (χ1n) is 11.9. The molecular formula is C28H31N3O4. The van der Waals surface area contributed by atoms with Gasteiger partial charge in [-0.15, -0.1) is 0 Å². The van der Waals surface area contributed by atoms with Gasteiger partial charge in [-0.1, -0.05) is 56.3 Å². The van der Waals surface area contributed by atoms with Crippen LogP contribution >= 0.6 is 0 Å². The summed E-state index contributed by atoms with van der Waals surface area (Å²) in [5.74, 6) is -1.42. The number of carboxylic acids is 1. The van der Waals surface area contributed by atoms with Gasteiger partial charge in [0.15, 0.2) is 0 Å². The second-order valence-corrected chi connectivity index (χ2v) is 9.41. The Morgan fingerprint density at radius 1 is 1.11 bits per heavy atom. The normalized spacial score (nSPS) is 14.3. The summed E-state index contributed by atoms with van der Waals surface area (Å²) in [7, 11) is 1.99. The van der Waals surface area contributed by atoms with Gasteiger partial charge in [0.05, 0.1) is 24.2 Å². The predicted octanol–water partition coefficient (Wildman–Crippen LogP) is 4.70. The molecule has 3 aromatic rings. The number of anilines is 1. The number of carboxylic acid groups (broad SMARTS) is 1. The molecule has 0 saturated carbocycles. The van der Waals surface area contributed by atoms with Crippen LogP contribution < -0.4 is 4.90 Å². The van der Waals surface area contributed by atoms with E-state index in [1.807, 2.05) is 54.4 Å². The molecule has 0 fully saturated rings. The van der Waals surface area contributed by atoms with Crippen molar-refractivity contribution < 1.29 is 19.5 Å². The average Bonchev–Trinajstić information content (AvgIpc) is 3.08. The van der Waals surface area contributed by atoms with Crippen molar-refractivity contribution in [1.29, 1.82) is 0 Å². The molecule has 35 heavy (non-hydrogen) atoms. The van der Waals surface area contributed by atoms with E-state index in [1.165, 1.54) is 0 Å². The van der Waals surface area contributed by atoms with E-state index in [4.69, 9.17) is 0 Å². The molecule has 1 N–H and O–H groups in total. The molecule has 0 atom stereocenters. The lowest BCUT2D eigenvalue weighted by Gasteiger charge is -2.24. The molecule has 4 rings (SSSR count).